The molecule has 30 heavy (non-hydrogen) atoms. The van der Waals surface area contributed by atoms with Gasteiger partial charge in [0, 0.05) is 28.0 Å². The monoisotopic (exact) mass is 429 g/mol. The maximum absolute atomic E-state index is 13.8. The van der Waals surface area contributed by atoms with Crippen molar-refractivity contribution >= 4 is 29.1 Å². The molecule has 1 aromatic heterocycles. The van der Waals surface area contributed by atoms with Gasteiger partial charge in [0.05, 0.1) is 18.9 Å². The maximum atomic E-state index is 13.8. The molecular formula is C21H17ClFN3O4. The van der Waals surface area contributed by atoms with Gasteiger partial charge in [-0.05, 0) is 42.5 Å². The number of amides is 2. The molecule has 0 aliphatic carbocycles. The lowest BCUT2D eigenvalue weighted by molar-refractivity contribution is 0.0997. The van der Waals surface area contributed by atoms with E-state index in [2.05, 4.69) is 10.3 Å². The average molecular weight is 430 g/mol. The number of ether oxygens (including phenoxy) is 2. The zero-order valence-corrected chi connectivity index (χ0v) is 16.6. The Labute approximate surface area is 176 Å². The van der Waals surface area contributed by atoms with E-state index in [0.29, 0.717) is 22.0 Å². The number of aromatic nitrogens is 1. The summed E-state index contributed by atoms with van der Waals surface area (Å²) in [5.74, 6) is -1.37. The van der Waals surface area contributed by atoms with Crippen LogP contribution in [0.4, 0.5) is 10.1 Å². The van der Waals surface area contributed by atoms with E-state index in [-0.39, 0.29) is 23.5 Å². The number of nitrogens with one attached hydrogen (secondary N) is 1. The SMILES string of the molecule is COc1ccc(C(=O)Nc2ccc(Cl)c(COc3cncc(C(N)=O)c3)c2)cc1F. The van der Waals surface area contributed by atoms with E-state index in [1.54, 1.807) is 18.2 Å². The number of rotatable bonds is 7. The Morgan fingerprint density at radius 3 is 2.63 bits per heavy atom. The van der Waals surface area contributed by atoms with Crippen LogP contribution in [-0.4, -0.2) is 23.9 Å². The van der Waals surface area contributed by atoms with Gasteiger partial charge in [-0.25, -0.2) is 4.39 Å². The van der Waals surface area contributed by atoms with Gasteiger partial charge in [0.15, 0.2) is 11.6 Å². The molecule has 3 rings (SSSR count). The third kappa shape index (κ3) is 5.03. The first-order valence-corrected chi connectivity index (χ1v) is 9.06. The van der Waals surface area contributed by atoms with E-state index < -0.39 is 17.6 Å². The molecule has 3 N–H and O–H groups in total. The Morgan fingerprint density at radius 2 is 1.93 bits per heavy atom. The van der Waals surface area contributed by atoms with Crippen LogP contribution < -0.4 is 20.5 Å². The highest BCUT2D eigenvalue weighted by molar-refractivity contribution is 6.31. The van der Waals surface area contributed by atoms with E-state index >= 15 is 0 Å². The summed E-state index contributed by atoms with van der Waals surface area (Å²) < 4.78 is 24.3. The summed E-state index contributed by atoms with van der Waals surface area (Å²) in [5, 5.41) is 3.10. The number of carbonyl (C=O) groups excluding carboxylic acids is 2. The number of anilines is 1. The topological polar surface area (TPSA) is 104 Å². The molecule has 0 radical (unpaired) electrons. The minimum absolute atomic E-state index is 0.0485. The van der Waals surface area contributed by atoms with Gasteiger partial charge in [-0.2, -0.15) is 0 Å². The highest BCUT2D eigenvalue weighted by Crippen LogP contribution is 2.24. The van der Waals surface area contributed by atoms with E-state index in [0.717, 1.165) is 6.07 Å². The van der Waals surface area contributed by atoms with E-state index in [9.17, 15) is 14.0 Å². The Balaban J connectivity index is 1.72. The van der Waals surface area contributed by atoms with E-state index in [1.807, 2.05) is 0 Å². The molecule has 0 atom stereocenters. The standard InChI is InChI=1S/C21H17ClFN3O4/c1-29-19-5-2-12(8-18(19)23)21(28)26-15-3-4-17(22)14(6-15)11-30-16-7-13(20(24)27)9-25-10-16/h2-10H,11H2,1H3,(H2,24,27)(H,26,28). The predicted molar refractivity (Wildman–Crippen MR) is 109 cm³/mol. The summed E-state index contributed by atoms with van der Waals surface area (Å²) in [4.78, 5) is 27.5. The summed E-state index contributed by atoms with van der Waals surface area (Å²) >= 11 is 6.21. The van der Waals surface area contributed by atoms with Crippen molar-refractivity contribution in [1.82, 2.24) is 4.98 Å². The lowest BCUT2D eigenvalue weighted by atomic mass is 10.1. The molecule has 0 aliphatic rings. The molecule has 0 aliphatic heterocycles. The van der Waals surface area contributed by atoms with Gasteiger partial charge in [-0.15, -0.1) is 0 Å². The molecule has 2 aromatic carbocycles. The molecule has 0 saturated carbocycles. The lowest BCUT2D eigenvalue weighted by Gasteiger charge is -2.11. The van der Waals surface area contributed by atoms with E-state index in [1.165, 1.54) is 37.7 Å². The minimum atomic E-state index is -0.637. The number of carbonyl (C=O) groups is 2. The largest absolute Gasteiger partial charge is 0.494 e. The normalized spacial score (nSPS) is 10.4. The van der Waals surface area contributed by atoms with Crippen molar-refractivity contribution < 1.29 is 23.5 Å². The molecule has 154 valence electrons. The zero-order valence-electron chi connectivity index (χ0n) is 15.8. The summed E-state index contributed by atoms with van der Waals surface area (Å²) in [7, 11) is 1.34. The van der Waals surface area contributed by atoms with Crippen LogP contribution in [0.2, 0.25) is 5.02 Å². The molecule has 7 nitrogen and oxygen atoms in total. The third-order valence-corrected chi connectivity index (χ3v) is 4.48. The van der Waals surface area contributed by atoms with Crippen molar-refractivity contribution in [2.75, 3.05) is 12.4 Å². The summed E-state index contributed by atoms with van der Waals surface area (Å²) in [5.41, 5.74) is 6.61. The predicted octanol–water partition coefficient (Wildman–Crippen LogP) is 3.81. The van der Waals surface area contributed by atoms with Crippen LogP contribution in [0.25, 0.3) is 0 Å². The van der Waals surface area contributed by atoms with Crippen molar-refractivity contribution in [3.05, 3.63) is 82.4 Å². The number of methoxy groups -OCH3 is 1. The van der Waals surface area contributed by atoms with Gasteiger partial charge < -0.3 is 20.5 Å². The van der Waals surface area contributed by atoms with Gasteiger partial charge in [0.1, 0.15) is 12.4 Å². The number of pyridine rings is 1. The van der Waals surface area contributed by atoms with Crippen molar-refractivity contribution in [2.45, 2.75) is 6.61 Å². The quantitative estimate of drug-likeness (QED) is 0.594. The number of nitrogens with zero attached hydrogens (tertiary/aromatic N) is 1. The fourth-order valence-corrected chi connectivity index (χ4v) is 2.74. The zero-order chi connectivity index (χ0) is 21.7. The van der Waals surface area contributed by atoms with Gasteiger partial charge in [-0.1, -0.05) is 11.6 Å². The van der Waals surface area contributed by atoms with Gasteiger partial charge in [0.2, 0.25) is 5.91 Å². The van der Waals surface area contributed by atoms with Crippen LogP contribution in [0.15, 0.2) is 54.9 Å². The molecule has 1 heterocycles. The third-order valence-electron chi connectivity index (χ3n) is 4.11. The number of nitrogens with two attached hydrogens (primary N) is 1. The Morgan fingerprint density at radius 1 is 1.13 bits per heavy atom. The fraction of sp³-hybridized carbons (Fsp3) is 0.0952. The summed E-state index contributed by atoms with van der Waals surface area (Å²) in [6.07, 6.45) is 2.77. The number of benzene rings is 2. The minimum Gasteiger partial charge on any atom is -0.494 e. The average Bonchev–Trinajstić information content (AvgIpc) is 2.74. The van der Waals surface area contributed by atoms with Crippen LogP contribution in [0.3, 0.4) is 0 Å². The second-order valence-corrected chi connectivity index (χ2v) is 6.58. The Bertz CT molecular complexity index is 1110. The number of primary amides is 1. The molecule has 0 unspecified atom stereocenters. The first-order chi connectivity index (χ1) is 14.4. The highest BCUT2D eigenvalue weighted by Gasteiger charge is 2.12. The summed E-state index contributed by atoms with van der Waals surface area (Å²) in [6.45, 7) is 0.0591. The summed E-state index contributed by atoms with van der Waals surface area (Å²) in [6, 6.07) is 10.2. The molecule has 2 amide bonds. The van der Waals surface area contributed by atoms with Crippen molar-refractivity contribution in [2.24, 2.45) is 5.73 Å². The van der Waals surface area contributed by atoms with Crippen LogP contribution in [-0.2, 0) is 6.61 Å². The molecule has 0 saturated heterocycles. The number of hydrogen-bond acceptors (Lipinski definition) is 5. The molecule has 3 aromatic rings. The Hall–Kier alpha value is -3.65. The Kier molecular flexibility index (Phi) is 6.48. The van der Waals surface area contributed by atoms with Crippen molar-refractivity contribution in [3.8, 4) is 11.5 Å². The van der Waals surface area contributed by atoms with Gasteiger partial charge in [-0.3, -0.25) is 14.6 Å². The van der Waals surface area contributed by atoms with Crippen LogP contribution in [0.1, 0.15) is 26.3 Å². The maximum Gasteiger partial charge on any atom is 0.255 e. The lowest BCUT2D eigenvalue weighted by Crippen LogP contribution is -2.13. The van der Waals surface area contributed by atoms with Crippen molar-refractivity contribution in [3.63, 3.8) is 0 Å². The highest BCUT2D eigenvalue weighted by atomic mass is 35.5. The van der Waals surface area contributed by atoms with Crippen LogP contribution in [0.5, 0.6) is 11.5 Å². The fourth-order valence-electron chi connectivity index (χ4n) is 2.57. The molecule has 0 bridgehead atoms. The second kappa shape index (κ2) is 9.23. The second-order valence-electron chi connectivity index (χ2n) is 6.17. The van der Waals surface area contributed by atoms with E-state index in [4.69, 9.17) is 26.8 Å². The van der Waals surface area contributed by atoms with Crippen LogP contribution >= 0.6 is 11.6 Å². The first kappa shape index (κ1) is 21.1. The smallest absolute Gasteiger partial charge is 0.255 e. The van der Waals surface area contributed by atoms with Gasteiger partial charge >= 0.3 is 0 Å². The number of halogens is 2. The number of hydrogen-bond donors (Lipinski definition) is 2. The molecule has 0 fully saturated rings. The van der Waals surface area contributed by atoms with Crippen LogP contribution in [0, 0.1) is 5.82 Å². The molecule has 9 heteroatoms. The first-order valence-electron chi connectivity index (χ1n) is 8.68. The molecular weight excluding hydrogens is 413 g/mol. The van der Waals surface area contributed by atoms with Crippen molar-refractivity contribution in [1.29, 1.82) is 0 Å². The molecule has 0 spiro atoms. The van der Waals surface area contributed by atoms with Gasteiger partial charge in [0.25, 0.3) is 5.91 Å².